The van der Waals surface area contributed by atoms with E-state index in [0.717, 1.165) is 24.3 Å². The van der Waals surface area contributed by atoms with E-state index in [2.05, 4.69) is 22.8 Å². The van der Waals surface area contributed by atoms with Crippen LogP contribution in [-0.4, -0.2) is 43.0 Å². The Hall–Kier alpha value is -3.80. The number of carbonyl (C=O) groups is 2. The van der Waals surface area contributed by atoms with Crippen LogP contribution in [0.1, 0.15) is 36.2 Å². The van der Waals surface area contributed by atoms with Gasteiger partial charge in [0.1, 0.15) is 5.75 Å². The van der Waals surface area contributed by atoms with E-state index >= 15 is 0 Å². The zero-order valence-electron chi connectivity index (χ0n) is 19.9. The monoisotopic (exact) mass is 459 g/mol. The van der Waals surface area contributed by atoms with Crippen molar-refractivity contribution in [2.24, 2.45) is 0 Å². The number of nitrogens with one attached hydrogen (secondary N) is 2. The van der Waals surface area contributed by atoms with E-state index in [-0.39, 0.29) is 18.4 Å². The highest BCUT2D eigenvalue weighted by molar-refractivity contribution is 5.96. The van der Waals surface area contributed by atoms with Crippen molar-refractivity contribution in [3.8, 4) is 5.75 Å². The van der Waals surface area contributed by atoms with Gasteiger partial charge in [0.2, 0.25) is 5.91 Å². The molecule has 0 aliphatic carbocycles. The summed E-state index contributed by atoms with van der Waals surface area (Å²) < 4.78 is 5.80. The fourth-order valence-electron chi connectivity index (χ4n) is 3.59. The van der Waals surface area contributed by atoms with Gasteiger partial charge in [0.25, 0.3) is 5.91 Å². The molecule has 0 saturated heterocycles. The van der Waals surface area contributed by atoms with Crippen LogP contribution in [0.5, 0.6) is 5.75 Å². The maximum absolute atomic E-state index is 12.5. The minimum atomic E-state index is -0.169. The highest BCUT2D eigenvalue weighted by Crippen LogP contribution is 2.17. The Balaban J connectivity index is 1.42. The van der Waals surface area contributed by atoms with Crippen molar-refractivity contribution in [2.75, 3.05) is 36.9 Å². The van der Waals surface area contributed by atoms with Crippen LogP contribution in [0.25, 0.3) is 0 Å². The fourth-order valence-corrected chi connectivity index (χ4v) is 3.59. The van der Waals surface area contributed by atoms with Crippen molar-refractivity contribution in [1.29, 1.82) is 0 Å². The average molecular weight is 460 g/mol. The highest BCUT2D eigenvalue weighted by Gasteiger charge is 2.12. The standard InChI is InChI=1S/C28H33N3O3/c1-3-31(4-2)28(33)23-13-8-14-25(20-23)29-21-27(32)30-24-15-17-26(18-16-24)34-19-9-12-22-10-6-5-7-11-22/h5-8,10-11,13-18,20,29H,3-4,9,12,19,21H2,1-2H3,(H,30,32). The SMILES string of the molecule is CCN(CC)C(=O)c1cccc(NCC(=O)Nc2ccc(OCCCc3ccccc3)cc2)c1. The quantitative estimate of drug-likeness (QED) is 0.364. The Morgan fingerprint density at radius 2 is 1.59 bits per heavy atom. The minimum Gasteiger partial charge on any atom is -0.494 e. The van der Waals surface area contributed by atoms with Gasteiger partial charge < -0.3 is 20.3 Å². The third kappa shape index (κ3) is 7.66. The predicted molar refractivity (Wildman–Crippen MR) is 138 cm³/mol. The first-order valence-electron chi connectivity index (χ1n) is 11.8. The van der Waals surface area contributed by atoms with E-state index in [0.29, 0.717) is 30.9 Å². The van der Waals surface area contributed by atoms with Crippen molar-refractivity contribution in [1.82, 2.24) is 4.90 Å². The first kappa shape index (κ1) is 24.8. The lowest BCUT2D eigenvalue weighted by Crippen LogP contribution is -2.30. The third-order valence-electron chi connectivity index (χ3n) is 5.47. The van der Waals surface area contributed by atoms with Gasteiger partial charge >= 0.3 is 0 Å². The molecule has 6 nitrogen and oxygen atoms in total. The van der Waals surface area contributed by atoms with Crippen molar-refractivity contribution in [3.63, 3.8) is 0 Å². The summed E-state index contributed by atoms with van der Waals surface area (Å²) in [5.74, 6) is 0.594. The van der Waals surface area contributed by atoms with Crippen LogP contribution in [0.3, 0.4) is 0 Å². The first-order chi connectivity index (χ1) is 16.6. The predicted octanol–water partition coefficient (Wildman–Crippen LogP) is 5.23. The summed E-state index contributed by atoms with van der Waals surface area (Å²) in [5, 5.41) is 5.96. The van der Waals surface area contributed by atoms with Gasteiger partial charge in [0, 0.05) is 30.0 Å². The Labute approximate surface area is 201 Å². The van der Waals surface area contributed by atoms with Crippen molar-refractivity contribution < 1.29 is 14.3 Å². The summed E-state index contributed by atoms with van der Waals surface area (Å²) in [5.41, 5.74) is 3.34. The Morgan fingerprint density at radius 1 is 0.853 bits per heavy atom. The smallest absolute Gasteiger partial charge is 0.253 e. The number of aryl methyl sites for hydroxylation is 1. The molecule has 0 fully saturated rings. The van der Waals surface area contributed by atoms with Crippen LogP contribution in [0.2, 0.25) is 0 Å². The molecule has 3 rings (SSSR count). The summed E-state index contributed by atoms with van der Waals surface area (Å²) in [4.78, 5) is 26.6. The summed E-state index contributed by atoms with van der Waals surface area (Å²) in [6, 6.07) is 24.9. The zero-order valence-corrected chi connectivity index (χ0v) is 19.9. The molecule has 34 heavy (non-hydrogen) atoms. The van der Waals surface area contributed by atoms with E-state index in [4.69, 9.17) is 4.74 Å². The van der Waals surface area contributed by atoms with Crippen molar-refractivity contribution >= 4 is 23.2 Å². The van der Waals surface area contributed by atoms with E-state index in [9.17, 15) is 9.59 Å². The number of rotatable bonds is 12. The summed E-state index contributed by atoms with van der Waals surface area (Å²) >= 11 is 0. The molecule has 0 aromatic heterocycles. The molecule has 3 aromatic carbocycles. The lowest BCUT2D eigenvalue weighted by atomic mass is 10.1. The molecule has 3 aromatic rings. The van der Waals surface area contributed by atoms with Gasteiger partial charge in [-0.1, -0.05) is 36.4 Å². The minimum absolute atomic E-state index is 0.0134. The van der Waals surface area contributed by atoms with E-state index < -0.39 is 0 Å². The van der Waals surface area contributed by atoms with Crippen LogP contribution in [0.15, 0.2) is 78.9 Å². The Bertz CT molecular complexity index is 1050. The zero-order chi connectivity index (χ0) is 24.2. The Kier molecular flexibility index (Phi) is 9.52. The normalized spacial score (nSPS) is 10.4. The van der Waals surface area contributed by atoms with Gasteiger partial charge in [-0.15, -0.1) is 0 Å². The average Bonchev–Trinajstić information content (AvgIpc) is 2.88. The molecule has 0 saturated carbocycles. The molecule has 0 atom stereocenters. The maximum atomic E-state index is 12.5. The van der Waals surface area contributed by atoms with Gasteiger partial charge in [0.05, 0.1) is 13.2 Å². The van der Waals surface area contributed by atoms with Gasteiger partial charge in [-0.05, 0) is 74.7 Å². The molecule has 2 amide bonds. The number of amides is 2. The molecule has 2 N–H and O–H groups in total. The second kappa shape index (κ2) is 13.0. The molecule has 0 bridgehead atoms. The summed E-state index contributed by atoms with van der Waals surface area (Å²) in [6.45, 7) is 5.97. The van der Waals surface area contributed by atoms with Crippen LogP contribution >= 0.6 is 0 Å². The van der Waals surface area contributed by atoms with Crippen LogP contribution in [0, 0.1) is 0 Å². The van der Waals surface area contributed by atoms with Crippen molar-refractivity contribution in [2.45, 2.75) is 26.7 Å². The first-order valence-corrected chi connectivity index (χ1v) is 11.8. The topological polar surface area (TPSA) is 70.7 Å². The number of anilines is 2. The van der Waals surface area contributed by atoms with Gasteiger partial charge in [-0.3, -0.25) is 9.59 Å². The van der Waals surface area contributed by atoms with E-state index in [1.54, 1.807) is 17.0 Å². The Morgan fingerprint density at radius 3 is 2.29 bits per heavy atom. The largest absolute Gasteiger partial charge is 0.494 e. The summed E-state index contributed by atoms with van der Waals surface area (Å²) in [6.07, 6.45) is 1.92. The van der Waals surface area contributed by atoms with Gasteiger partial charge in [0.15, 0.2) is 0 Å². The fraction of sp³-hybridized carbons (Fsp3) is 0.286. The number of nitrogens with zero attached hydrogens (tertiary/aromatic N) is 1. The van der Waals surface area contributed by atoms with Gasteiger partial charge in [-0.25, -0.2) is 0 Å². The number of hydrogen-bond donors (Lipinski definition) is 2. The molecule has 0 aliphatic rings. The highest BCUT2D eigenvalue weighted by atomic mass is 16.5. The molecular weight excluding hydrogens is 426 g/mol. The molecule has 6 heteroatoms. The molecular formula is C28H33N3O3. The maximum Gasteiger partial charge on any atom is 0.253 e. The number of ether oxygens (including phenoxy) is 1. The lowest BCUT2D eigenvalue weighted by molar-refractivity contribution is -0.114. The molecule has 0 unspecified atom stereocenters. The molecule has 0 aliphatic heterocycles. The van der Waals surface area contributed by atoms with Crippen LogP contribution < -0.4 is 15.4 Å². The number of benzene rings is 3. The number of carbonyl (C=O) groups excluding carboxylic acids is 2. The van der Waals surface area contributed by atoms with E-state index in [1.165, 1.54) is 5.56 Å². The summed E-state index contributed by atoms with van der Waals surface area (Å²) in [7, 11) is 0. The molecule has 0 heterocycles. The van der Waals surface area contributed by atoms with Crippen LogP contribution in [0.4, 0.5) is 11.4 Å². The third-order valence-corrected chi connectivity index (χ3v) is 5.47. The second-order valence-electron chi connectivity index (χ2n) is 7.92. The second-order valence-corrected chi connectivity index (χ2v) is 7.92. The van der Waals surface area contributed by atoms with Crippen molar-refractivity contribution in [3.05, 3.63) is 90.0 Å². The molecule has 0 spiro atoms. The lowest BCUT2D eigenvalue weighted by Gasteiger charge is -2.19. The molecule has 178 valence electrons. The van der Waals surface area contributed by atoms with Gasteiger partial charge in [-0.2, -0.15) is 0 Å². The molecule has 0 radical (unpaired) electrons. The number of hydrogen-bond acceptors (Lipinski definition) is 4. The van der Waals surface area contributed by atoms with E-state index in [1.807, 2.05) is 68.4 Å². The van der Waals surface area contributed by atoms with Crippen LogP contribution in [-0.2, 0) is 11.2 Å².